The number of carbonyl (C=O) groups is 2. The molecule has 2 amide bonds. The minimum absolute atomic E-state index is 0.0573. The van der Waals surface area contributed by atoms with Crippen LogP contribution in [0.15, 0.2) is 48.5 Å². The molecule has 0 spiro atoms. The van der Waals surface area contributed by atoms with E-state index in [0.717, 1.165) is 20.7 Å². The van der Waals surface area contributed by atoms with Crippen LogP contribution in [-0.4, -0.2) is 69.3 Å². The average molecular weight is 537 g/mol. The maximum atomic E-state index is 13.8. The molecule has 2 aromatic rings. The molecule has 0 fully saturated rings. The van der Waals surface area contributed by atoms with Gasteiger partial charge in [-0.3, -0.25) is 9.59 Å². The molecule has 0 bridgehead atoms. The van der Waals surface area contributed by atoms with E-state index in [1.807, 2.05) is 13.8 Å². The summed E-state index contributed by atoms with van der Waals surface area (Å²) in [6, 6.07) is 11.0. The number of nitrogens with one attached hydrogen (secondary N) is 1. The number of rotatable bonds is 13. The molecule has 0 heterocycles. The van der Waals surface area contributed by atoms with E-state index in [1.54, 1.807) is 31.2 Å². The molecule has 204 valence electrons. The molecule has 37 heavy (non-hydrogen) atoms. The number of methoxy groups -OCH3 is 1. The lowest BCUT2D eigenvalue weighted by Gasteiger charge is -2.34. The van der Waals surface area contributed by atoms with Crippen molar-refractivity contribution in [1.29, 1.82) is 0 Å². The summed E-state index contributed by atoms with van der Waals surface area (Å²) in [5, 5.41) is 2.92. The maximum absolute atomic E-state index is 13.8. The van der Waals surface area contributed by atoms with E-state index >= 15 is 0 Å². The van der Waals surface area contributed by atoms with Crippen molar-refractivity contribution >= 4 is 27.7 Å². The number of carbonyl (C=O) groups excluding carboxylic acids is 2. The fourth-order valence-corrected chi connectivity index (χ4v) is 4.71. The fourth-order valence-electron chi connectivity index (χ4n) is 3.65. The normalized spacial score (nSPS) is 13.1. The van der Waals surface area contributed by atoms with E-state index in [4.69, 9.17) is 4.74 Å². The molecule has 0 saturated heterocycles. The van der Waals surface area contributed by atoms with Gasteiger partial charge in [-0.1, -0.05) is 26.0 Å². The fraction of sp³-hybridized carbons (Fsp3) is 0.462. The molecule has 2 atom stereocenters. The predicted octanol–water partition coefficient (Wildman–Crippen LogP) is 3.17. The van der Waals surface area contributed by atoms with Gasteiger partial charge in [0.05, 0.1) is 12.8 Å². The van der Waals surface area contributed by atoms with Gasteiger partial charge in [-0.25, -0.2) is 8.70 Å². The molecule has 9 nitrogen and oxygen atoms in total. The van der Waals surface area contributed by atoms with E-state index in [1.165, 1.54) is 38.2 Å². The summed E-state index contributed by atoms with van der Waals surface area (Å²) in [6.45, 7) is 5.09. The number of benzene rings is 2. The van der Waals surface area contributed by atoms with E-state index in [9.17, 15) is 22.4 Å². The number of ether oxygens (including phenoxy) is 1. The monoisotopic (exact) mass is 536 g/mol. The lowest BCUT2D eigenvalue weighted by Crippen LogP contribution is -2.54. The highest BCUT2D eigenvalue weighted by Gasteiger charge is 2.34. The summed E-state index contributed by atoms with van der Waals surface area (Å²) < 4.78 is 47.1. The van der Waals surface area contributed by atoms with Crippen molar-refractivity contribution < 1.29 is 27.1 Å². The van der Waals surface area contributed by atoms with Crippen LogP contribution in [-0.2, 0) is 26.3 Å². The highest BCUT2D eigenvalue weighted by Crippen LogP contribution is 2.22. The second-order valence-corrected chi connectivity index (χ2v) is 11.0. The van der Waals surface area contributed by atoms with Gasteiger partial charge in [-0.15, -0.1) is 0 Å². The van der Waals surface area contributed by atoms with Gasteiger partial charge in [0.2, 0.25) is 11.8 Å². The Hall–Kier alpha value is -3.18. The number of nitrogens with zero attached hydrogens (tertiary/aromatic N) is 3. The van der Waals surface area contributed by atoms with E-state index in [2.05, 4.69) is 5.32 Å². The zero-order chi connectivity index (χ0) is 27.8. The Morgan fingerprint density at radius 1 is 1.05 bits per heavy atom. The molecule has 0 saturated carbocycles. The highest BCUT2D eigenvalue weighted by atomic mass is 32.2. The van der Waals surface area contributed by atoms with Crippen LogP contribution in [0.25, 0.3) is 0 Å². The van der Waals surface area contributed by atoms with Gasteiger partial charge in [0.25, 0.3) is 0 Å². The van der Waals surface area contributed by atoms with Gasteiger partial charge in [-0.05, 0) is 61.7 Å². The highest BCUT2D eigenvalue weighted by molar-refractivity contribution is 7.90. The largest absolute Gasteiger partial charge is 0.497 e. The van der Waals surface area contributed by atoms with Crippen molar-refractivity contribution in [2.75, 3.05) is 32.1 Å². The summed E-state index contributed by atoms with van der Waals surface area (Å²) in [6.07, 6.45) is 1.03. The van der Waals surface area contributed by atoms with E-state index < -0.39 is 34.5 Å². The SMILES string of the molecule is CC[C@H](C)NC(=O)[C@H](CC)N(Cc1cccc(OC)c1)C(=O)CN(c1ccc(F)cc1)S(=O)(=O)N(C)C. The first-order valence-corrected chi connectivity index (χ1v) is 13.5. The smallest absolute Gasteiger partial charge is 0.304 e. The third kappa shape index (κ3) is 7.90. The molecule has 0 aliphatic rings. The molecule has 11 heteroatoms. The van der Waals surface area contributed by atoms with Crippen molar-refractivity contribution in [2.24, 2.45) is 0 Å². The average Bonchev–Trinajstić information content (AvgIpc) is 2.87. The van der Waals surface area contributed by atoms with Crippen LogP contribution < -0.4 is 14.4 Å². The van der Waals surface area contributed by atoms with Gasteiger partial charge >= 0.3 is 10.2 Å². The number of amides is 2. The number of halogens is 1. The zero-order valence-corrected chi connectivity index (χ0v) is 23.1. The van der Waals surface area contributed by atoms with E-state index in [0.29, 0.717) is 24.2 Å². The lowest BCUT2D eigenvalue weighted by atomic mass is 10.1. The molecular weight excluding hydrogens is 499 g/mol. The van der Waals surface area contributed by atoms with Gasteiger partial charge in [-0.2, -0.15) is 12.7 Å². The van der Waals surface area contributed by atoms with Crippen LogP contribution in [0.1, 0.15) is 39.2 Å². The predicted molar refractivity (Wildman–Crippen MR) is 142 cm³/mol. The second-order valence-electron chi connectivity index (χ2n) is 8.89. The number of anilines is 1. The first-order chi connectivity index (χ1) is 17.4. The molecule has 0 aromatic heterocycles. The Bertz CT molecular complexity index is 1160. The Morgan fingerprint density at radius 2 is 1.70 bits per heavy atom. The van der Waals surface area contributed by atoms with Gasteiger partial charge in [0.1, 0.15) is 24.2 Å². The van der Waals surface area contributed by atoms with Crippen molar-refractivity contribution in [3.05, 3.63) is 59.9 Å². The molecule has 2 aromatic carbocycles. The molecular formula is C26H37FN4O5S. The second kappa shape index (κ2) is 13.4. The Labute approximate surface area is 219 Å². The lowest BCUT2D eigenvalue weighted by molar-refractivity contribution is -0.140. The Morgan fingerprint density at radius 3 is 2.24 bits per heavy atom. The molecule has 0 unspecified atom stereocenters. The van der Waals surface area contributed by atoms with Crippen LogP contribution in [0.2, 0.25) is 0 Å². The van der Waals surface area contributed by atoms with Crippen LogP contribution in [0.4, 0.5) is 10.1 Å². The zero-order valence-electron chi connectivity index (χ0n) is 22.3. The van der Waals surface area contributed by atoms with Gasteiger partial charge < -0.3 is 15.0 Å². The summed E-state index contributed by atoms with van der Waals surface area (Å²) in [7, 11) is 0.106. The van der Waals surface area contributed by atoms with Crippen LogP contribution in [0.5, 0.6) is 5.75 Å². The van der Waals surface area contributed by atoms with Crippen molar-refractivity contribution in [3.63, 3.8) is 0 Å². The van der Waals surface area contributed by atoms with Crippen molar-refractivity contribution in [2.45, 2.75) is 52.2 Å². The summed E-state index contributed by atoms with van der Waals surface area (Å²) in [4.78, 5) is 28.4. The van der Waals surface area contributed by atoms with Crippen LogP contribution in [0.3, 0.4) is 0 Å². The molecule has 0 radical (unpaired) electrons. The molecule has 0 aliphatic carbocycles. The summed E-state index contributed by atoms with van der Waals surface area (Å²) in [5.41, 5.74) is 0.841. The van der Waals surface area contributed by atoms with Gasteiger partial charge in [0.15, 0.2) is 0 Å². The molecule has 1 N–H and O–H groups in total. The number of hydrogen-bond donors (Lipinski definition) is 1. The topological polar surface area (TPSA) is 99.3 Å². The maximum Gasteiger partial charge on any atom is 0.304 e. The Balaban J connectivity index is 2.51. The van der Waals surface area contributed by atoms with Crippen LogP contribution >= 0.6 is 0 Å². The minimum Gasteiger partial charge on any atom is -0.497 e. The third-order valence-corrected chi connectivity index (χ3v) is 7.83. The van der Waals surface area contributed by atoms with Crippen molar-refractivity contribution in [1.82, 2.24) is 14.5 Å². The summed E-state index contributed by atoms with van der Waals surface area (Å²) in [5.74, 6) is -0.851. The minimum atomic E-state index is -4.12. The number of hydrogen-bond acceptors (Lipinski definition) is 5. The molecule has 2 rings (SSSR count). The Kier molecular flexibility index (Phi) is 10.9. The summed E-state index contributed by atoms with van der Waals surface area (Å²) >= 11 is 0. The molecule has 0 aliphatic heterocycles. The first kappa shape index (κ1) is 30.0. The van der Waals surface area contributed by atoms with Crippen LogP contribution in [0, 0.1) is 5.82 Å². The first-order valence-electron chi connectivity index (χ1n) is 12.1. The third-order valence-electron chi connectivity index (χ3n) is 6.01. The van der Waals surface area contributed by atoms with E-state index in [-0.39, 0.29) is 24.2 Å². The standard InChI is InChI=1S/C26H37FN4O5S/c1-7-19(3)28-26(33)24(8-2)30(17-20-10-9-11-23(16-20)36-6)25(32)18-31(37(34,35)29(4)5)22-14-12-21(27)13-15-22/h9-16,19,24H,7-8,17-18H2,1-6H3,(H,28,33)/t19-,24-/m0/s1. The van der Waals surface area contributed by atoms with Gasteiger partial charge in [0, 0.05) is 26.7 Å². The van der Waals surface area contributed by atoms with Crippen molar-refractivity contribution in [3.8, 4) is 5.75 Å². The quantitative estimate of drug-likeness (QED) is 0.424.